The van der Waals surface area contributed by atoms with Gasteiger partial charge < -0.3 is 20.4 Å². The number of anilines is 2. The molecule has 2 saturated heterocycles. The van der Waals surface area contributed by atoms with Crippen molar-refractivity contribution in [2.45, 2.75) is 25.8 Å². The molecule has 7 heteroatoms. The van der Waals surface area contributed by atoms with E-state index < -0.39 is 0 Å². The third-order valence-electron chi connectivity index (χ3n) is 5.19. The molecule has 4 heterocycles. The number of piperidine rings is 1. The van der Waals surface area contributed by atoms with Crippen LogP contribution in [0.4, 0.5) is 11.8 Å². The van der Waals surface area contributed by atoms with Gasteiger partial charge in [-0.25, -0.2) is 4.98 Å². The molecule has 2 aromatic heterocycles. The van der Waals surface area contributed by atoms with Crippen LogP contribution in [0.2, 0.25) is 0 Å². The molecule has 2 fully saturated rings. The van der Waals surface area contributed by atoms with E-state index in [4.69, 9.17) is 15.7 Å². The Morgan fingerprint density at radius 2 is 1.75 bits per heavy atom. The predicted molar refractivity (Wildman–Crippen MR) is 101 cm³/mol. The molecular weight excluding hydrogens is 320 g/mol. The largest absolute Gasteiger partial charge is 0.355 e. The lowest BCUT2D eigenvalue weighted by atomic mass is 10.1. The Labute approximate surface area is 147 Å². The van der Waals surface area contributed by atoms with Crippen molar-refractivity contribution in [1.29, 1.82) is 0 Å². The van der Waals surface area contributed by atoms with E-state index in [0.29, 0.717) is 6.04 Å². The van der Waals surface area contributed by atoms with Crippen LogP contribution in [0.15, 0.2) is 5.38 Å². The van der Waals surface area contributed by atoms with E-state index in [9.17, 15) is 0 Å². The summed E-state index contributed by atoms with van der Waals surface area (Å²) in [6, 6.07) is 0.334. The monoisotopic (exact) mass is 346 g/mol. The lowest BCUT2D eigenvalue weighted by molar-refractivity contribution is 0.311. The fourth-order valence-electron chi connectivity index (χ4n) is 3.48. The van der Waals surface area contributed by atoms with Crippen LogP contribution in [0.1, 0.15) is 18.4 Å². The second-order valence-corrected chi connectivity index (χ2v) is 7.94. The summed E-state index contributed by atoms with van der Waals surface area (Å²) in [5.74, 6) is 2.00. The summed E-state index contributed by atoms with van der Waals surface area (Å²) in [6.45, 7) is 8.26. The number of rotatable bonds is 2. The van der Waals surface area contributed by atoms with Crippen LogP contribution in [-0.2, 0) is 0 Å². The number of aromatic nitrogens is 2. The third-order valence-corrected chi connectivity index (χ3v) is 6.27. The number of nitrogens with two attached hydrogens (primary N) is 1. The molecule has 2 aliphatic rings. The van der Waals surface area contributed by atoms with Crippen molar-refractivity contribution in [2.24, 2.45) is 5.73 Å². The first-order chi connectivity index (χ1) is 11.6. The van der Waals surface area contributed by atoms with Gasteiger partial charge in [0.05, 0.1) is 10.2 Å². The van der Waals surface area contributed by atoms with Crippen molar-refractivity contribution >= 4 is 33.3 Å². The first-order valence-electron chi connectivity index (χ1n) is 8.81. The first kappa shape index (κ1) is 16.1. The molecule has 2 N–H and O–H groups in total. The van der Waals surface area contributed by atoms with Crippen LogP contribution in [-0.4, -0.2) is 67.2 Å². The molecule has 0 radical (unpaired) electrons. The van der Waals surface area contributed by atoms with Gasteiger partial charge in [-0.05, 0) is 37.8 Å². The van der Waals surface area contributed by atoms with Gasteiger partial charge in [0.15, 0.2) is 5.82 Å². The van der Waals surface area contributed by atoms with E-state index in [1.54, 1.807) is 11.3 Å². The smallest absolute Gasteiger partial charge is 0.228 e. The molecule has 130 valence electrons. The normalized spacial score (nSPS) is 21.0. The van der Waals surface area contributed by atoms with E-state index in [2.05, 4.69) is 34.1 Å². The molecule has 0 aromatic carbocycles. The van der Waals surface area contributed by atoms with Gasteiger partial charge >= 0.3 is 0 Å². The van der Waals surface area contributed by atoms with E-state index in [-0.39, 0.29) is 0 Å². The average molecular weight is 347 g/mol. The van der Waals surface area contributed by atoms with Gasteiger partial charge in [-0.3, -0.25) is 0 Å². The lowest BCUT2D eigenvalue weighted by Crippen LogP contribution is -2.45. The number of piperazine rings is 1. The SMILES string of the molecule is Cc1csc2c(N3CCC(N)CC3)nc(N3CCN(C)CC3)nc12. The van der Waals surface area contributed by atoms with Gasteiger partial charge in [0.1, 0.15) is 0 Å². The Morgan fingerprint density at radius 1 is 1.04 bits per heavy atom. The zero-order chi connectivity index (χ0) is 16.7. The molecule has 0 bridgehead atoms. The molecule has 2 aromatic rings. The quantitative estimate of drug-likeness (QED) is 0.893. The van der Waals surface area contributed by atoms with E-state index in [0.717, 1.165) is 69.4 Å². The highest BCUT2D eigenvalue weighted by Crippen LogP contribution is 2.34. The van der Waals surface area contributed by atoms with Crippen molar-refractivity contribution in [3.63, 3.8) is 0 Å². The summed E-state index contributed by atoms with van der Waals surface area (Å²) < 4.78 is 1.22. The summed E-state index contributed by atoms with van der Waals surface area (Å²) in [7, 11) is 2.17. The molecule has 0 unspecified atom stereocenters. The predicted octanol–water partition coefficient (Wildman–Crippen LogP) is 1.68. The number of fused-ring (bicyclic) bond motifs is 1. The fraction of sp³-hybridized carbons (Fsp3) is 0.647. The summed E-state index contributed by atoms with van der Waals surface area (Å²) in [5.41, 5.74) is 8.45. The highest BCUT2D eigenvalue weighted by atomic mass is 32.1. The number of hydrogen-bond donors (Lipinski definition) is 1. The minimum absolute atomic E-state index is 0.334. The number of thiophene rings is 1. The van der Waals surface area contributed by atoms with Crippen LogP contribution < -0.4 is 15.5 Å². The maximum atomic E-state index is 6.08. The van der Waals surface area contributed by atoms with Gasteiger partial charge in [0.2, 0.25) is 5.95 Å². The maximum Gasteiger partial charge on any atom is 0.228 e. The Balaban J connectivity index is 1.71. The van der Waals surface area contributed by atoms with Crippen molar-refractivity contribution in [3.05, 3.63) is 10.9 Å². The number of nitrogens with zero attached hydrogens (tertiary/aromatic N) is 5. The zero-order valence-electron chi connectivity index (χ0n) is 14.5. The molecule has 0 aliphatic carbocycles. The van der Waals surface area contributed by atoms with Gasteiger partial charge in [-0.1, -0.05) is 0 Å². The fourth-order valence-corrected chi connectivity index (χ4v) is 4.48. The van der Waals surface area contributed by atoms with Crippen LogP contribution >= 0.6 is 11.3 Å². The molecule has 24 heavy (non-hydrogen) atoms. The topological polar surface area (TPSA) is 61.5 Å². The number of likely N-dealkylation sites (N-methyl/N-ethyl adjacent to an activating group) is 1. The molecule has 0 atom stereocenters. The maximum absolute atomic E-state index is 6.08. The van der Waals surface area contributed by atoms with E-state index in [1.807, 2.05) is 0 Å². The number of aryl methyl sites for hydroxylation is 1. The highest BCUT2D eigenvalue weighted by Gasteiger charge is 2.24. The molecular formula is C17H26N6S. The Kier molecular flexibility index (Phi) is 4.32. The van der Waals surface area contributed by atoms with Crippen LogP contribution in [0.3, 0.4) is 0 Å². The van der Waals surface area contributed by atoms with Crippen molar-refractivity contribution in [2.75, 3.05) is 56.1 Å². The third kappa shape index (κ3) is 2.96. The number of hydrogen-bond acceptors (Lipinski definition) is 7. The second kappa shape index (κ2) is 6.46. The van der Waals surface area contributed by atoms with Gasteiger partial charge in [-0.2, -0.15) is 4.98 Å². The Bertz CT molecular complexity index is 713. The lowest BCUT2D eigenvalue weighted by Gasteiger charge is -2.34. The van der Waals surface area contributed by atoms with E-state index >= 15 is 0 Å². The minimum Gasteiger partial charge on any atom is -0.355 e. The molecule has 2 aliphatic heterocycles. The minimum atomic E-state index is 0.334. The summed E-state index contributed by atoms with van der Waals surface area (Å²) >= 11 is 1.77. The first-order valence-corrected chi connectivity index (χ1v) is 9.69. The van der Waals surface area contributed by atoms with Crippen LogP contribution in [0.25, 0.3) is 10.2 Å². The van der Waals surface area contributed by atoms with Crippen molar-refractivity contribution in [3.8, 4) is 0 Å². The standard InChI is InChI=1S/C17H26N6S/c1-12-11-24-15-14(12)19-17(23-9-7-21(2)8-10-23)20-16(15)22-5-3-13(18)4-6-22/h11,13H,3-10,18H2,1-2H3. The van der Waals surface area contributed by atoms with Gasteiger partial charge in [-0.15, -0.1) is 11.3 Å². The molecule has 0 spiro atoms. The van der Waals surface area contributed by atoms with E-state index in [1.165, 1.54) is 10.3 Å². The molecule has 0 amide bonds. The zero-order valence-corrected chi connectivity index (χ0v) is 15.3. The Hall–Kier alpha value is -1.44. The molecule has 4 rings (SSSR count). The molecule has 0 saturated carbocycles. The summed E-state index contributed by atoms with van der Waals surface area (Å²) in [4.78, 5) is 17.0. The molecule has 6 nitrogen and oxygen atoms in total. The second-order valence-electron chi connectivity index (χ2n) is 7.06. The van der Waals surface area contributed by atoms with Gasteiger partial charge in [0.25, 0.3) is 0 Å². The van der Waals surface area contributed by atoms with Crippen LogP contribution in [0, 0.1) is 6.92 Å². The van der Waals surface area contributed by atoms with Crippen molar-refractivity contribution < 1.29 is 0 Å². The van der Waals surface area contributed by atoms with Crippen LogP contribution in [0.5, 0.6) is 0 Å². The highest BCUT2D eigenvalue weighted by molar-refractivity contribution is 7.18. The Morgan fingerprint density at radius 3 is 2.46 bits per heavy atom. The summed E-state index contributed by atoms with van der Waals surface area (Å²) in [6.07, 6.45) is 2.08. The van der Waals surface area contributed by atoms with Crippen molar-refractivity contribution in [1.82, 2.24) is 14.9 Å². The van der Waals surface area contributed by atoms with Gasteiger partial charge in [0, 0.05) is 45.3 Å². The summed E-state index contributed by atoms with van der Waals surface area (Å²) in [5, 5.41) is 2.20. The average Bonchev–Trinajstić information content (AvgIpc) is 2.97.